The number of nitrogens with one attached hydrogen (secondary N) is 1. The van der Waals surface area contributed by atoms with Crippen molar-refractivity contribution in [2.24, 2.45) is 5.84 Å². The fourth-order valence-electron chi connectivity index (χ4n) is 3.34. The Labute approximate surface area is 131 Å². The van der Waals surface area contributed by atoms with Crippen LogP contribution in [0, 0.1) is 5.82 Å². The van der Waals surface area contributed by atoms with Gasteiger partial charge in [0.25, 0.3) is 0 Å². The second kappa shape index (κ2) is 7.54. The summed E-state index contributed by atoms with van der Waals surface area (Å²) in [4.78, 5) is 0. The molecule has 0 saturated heterocycles. The topological polar surface area (TPSA) is 47.3 Å². The monoisotopic (exact) mass is 314 g/mol. The van der Waals surface area contributed by atoms with Gasteiger partial charge >= 0.3 is 0 Å². The van der Waals surface area contributed by atoms with Crippen molar-refractivity contribution in [2.45, 2.75) is 57.1 Å². The van der Waals surface area contributed by atoms with E-state index in [1.165, 1.54) is 12.5 Å². The summed E-state index contributed by atoms with van der Waals surface area (Å²) in [6.45, 7) is 2.63. The van der Waals surface area contributed by atoms with Crippen LogP contribution in [0.4, 0.5) is 4.39 Å². The molecule has 2 rings (SSSR count). The minimum absolute atomic E-state index is 0.103. The van der Waals surface area contributed by atoms with E-state index in [0.717, 1.165) is 25.7 Å². The highest BCUT2D eigenvalue weighted by Gasteiger charge is 2.40. The summed E-state index contributed by atoms with van der Waals surface area (Å²) in [6, 6.07) is 4.68. The van der Waals surface area contributed by atoms with E-state index in [2.05, 4.69) is 5.43 Å². The van der Waals surface area contributed by atoms with Crippen molar-refractivity contribution in [2.75, 3.05) is 6.61 Å². The van der Waals surface area contributed by atoms with E-state index in [1.54, 1.807) is 12.1 Å². The van der Waals surface area contributed by atoms with Crippen LogP contribution in [0.25, 0.3) is 0 Å². The van der Waals surface area contributed by atoms with Crippen LogP contribution in [0.2, 0.25) is 5.02 Å². The van der Waals surface area contributed by atoms with Crippen LogP contribution in [-0.2, 0) is 11.2 Å². The lowest BCUT2D eigenvalue weighted by molar-refractivity contribution is -0.0899. The maximum absolute atomic E-state index is 14.0. The predicted octanol–water partition coefficient (Wildman–Crippen LogP) is 3.59. The molecule has 0 amide bonds. The molecule has 3 N–H and O–H groups in total. The first-order chi connectivity index (χ1) is 10.1. The highest BCUT2D eigenvalue weighted by atomic mass is 35.5. The maximum atomic E-state index is 14.0. The van der Waals surface area contributed by atoms with Crippen LogP contribution in [0.15, 0.2) is 18.2 Å². The Morgan fingerprint density at radius 1 is 1.38 bits per heavy atom. The Morgan fingerprint density at radius 2 is 2.10 bits per heavy atom. The van der Waals surface area contributed by atoms with Gasteiger partial charge in [-0.25, -0.2) is 4.39 Å². The smallest absolute Gasteiger partial charge is 0.127 e. The van der Waals surface area contributed by atoms with E-state index < -0.39 is 0 Å². The third-order valence-corrected chi connectivity index (χ3v) is 4.64. The standard InChI is InChI=1S/C16H24ClFN2O/c1-2-21-16(8-4-3-5-9-16)15(20-19)10-12-6-7-13(17)11-14(12)18/h6-7,11,15,20H,2-5,8-10,19H2,1H3. The minimum Gasteiger partial charge on any atom is -0.374 e. The van der Waals surface area contributed by atoms with Crippen LogP contribution in [0.1, 0.15) is 44.6 Å². The molecule has 0 aromatic heterocycles. The highest BCUT2D eigenvalue weighted by Crippen LogP contribution is 2.36. The van der Waals surface area contributed by atoms with Gasteiger partial charge in [-0.2, -0.15) is 0 Å². The van der Waals surface area contributed by atoms with E-state index in [0.29, 0.717) is 23.6 Å². The first-order valence-corrected chi connectivity index (χ1v) is 8.03. The number of hydrogen-bond acceptors (Lipinski definition) is 3. The zero-order valence-electron chi connectivity index (χ0n) is 12.5. The number of nitrogens with two attached hydrogens (primary N) is 1. The zero-order valence-corrected chi connectivity index (χ0v) is 13.3. The number of benzene rings is 1. The van der Waals surface area contributed by atoms with Gasteiger partial charge in [0.2, 0.25) is 0 Å². The van der Waals surface area contributed by atoms with Crippen molar-refractivity contribution in [1.29, 1.82) is 0 Å². The van der Waals surface area contributed by atoms with E-state index in [1.807, 2.05) is 6.92 Å². The predicted molar refractivity (Wildman–Crippen MR) is 83.7 cm³/mol. The fourth-order valence-corrected chi connectivity index (χ4v) is 3.49. The van der Waals surface area contributed by atoms with Crippen molar-refractivity contribution in [3.63, 3.8) is 0 Å². The Bertz CT molecular complexity index is 458. The molecule has 1 unspecified atom stereocenters. The molecule has 0 radical (unpaired) electrons. The molecule has 0 spiro atoms. The van der Waals surface area contributed by atoms with Crippen LogP contribution in [0.3, 0.4) is 0 Å². The van der Waals surface area contributed by atoms with Crippen molar-refractivity contribution < 1.29 is 9.13 Å². The Balaban J connectivity index is 2.20. The molecular weight excluding hydrogens is 291 g/mol. The van der Waals surface area contributed by atoms with Gasteiger partial charge in [-0.05, 0) is 43.9 Å². The molecule has 0 heterocycles. The summed E-state index contributed by atoms with van der Waals surface area (Å²) in [5, 5.41) is 0.408. The van der Waals surface area contributed by atoms with Gasteiger partial charge in [-0.15, -0.1) is 0 Å². The molecule has 1 aromatic rings. The van der Waals surface area contributed by atoms with Crippen molar-refractivity contribution in [1.82, 2.24) is 5.43 Å². The van der Waals surface area contributed by atoms with Gasteiger partial charge in [-0.3, -0.25) is 11.3 Å². The lowest BCUT2D eigenvalue weighted by Gasteiger charge is -2.43. The third kappa shape index (κ3) is 3.95. The minimum atomic E-state index is -0.298. The number of halogens is 2. The van der Waals surface area contributed by atoms with Gasteiger partial charge in [0.1, 0.15) is 5.82 Å². The Kier molecular flexibility index (Phi) is 5.99. The first kappa shape index (κ1) is 16.7. The average Bonchev–Trinajstić information content (AvgIpc) is 2.47. The maximum Gasteiger partial charge on any atom is 0.127 e. The van der Waals surface area contributed by atoms with Crippen molar-refractivity contribution in [3.8, 4) is 0 Å². The van der Waals surface area contributed by atoms with Crippen molar-refractivity contribution in [3.05, 3.63) is 34.6 Å². The third-order valence-electron chi connectivity index (χ3n) is 4.41. The molecule has 0 bridgehead atoms. The largest absolute Gasteiger partial charge is 0.374 e. The average molecular weight is 315 g/mol. The second-order valence-corrected chi connectivity index (χ2v) is 6.15. The summed E-state index contributed by atoms with van der Waals surface area (Å²) in [7, 11) is 0. The van der Waals surface area contributed by atoms with E-state index in [9.17, 15) is 4.39 Å². The number of ether oxygens (including phenoxy) is 1. The molecule has 1 atom stereocenters. The summed E-state index contributed by atoms with van der Waals surface area (Å²) >= 11 is 5.81. The summed E-state index contributed by atoms with van der Waals surface area (Å²) in [6.07, 6.45) is 5.90. The molecule has 3 nitrogen and oxygen atoms in total. The fraction of sp³-hybridized carbons (Fsp3) is 0.625. The molecule has 1 fully saturated rings. The quantitative estimate of drug-likeness (QED) is 0.623. The Hall–Kier alpha value is -0.680. The molecule has 1 aromatic carbocycles. The second-order valence-electron chi connectivity index (χ2n) is 5.72. The molecule has 118 valence electrons. The van der Waals surface area contributed by atoms with Crippen molar-refractivity contribution >= 4 is 11.6 Å². The lowest BCUT2D eigenvalue weighted by atomic mass is 9.77. The molecule has 1 aliphatic carbocycles. The van der Waals surface area contributed by atoms with Gasteiger partial charge in [0.05, 0.1) is 11.6 Å². The van der Waals surface area contributed by atoms with Gasteiger partial charge < -0.3 is 4.74 Å². The number of hydrazine groups is 1. The van der Waals surface area contributed by atoms with Crippen LogP contribution < -0.4 is 11.3 Å². The molecule has 0 aliphatic heterocycles. The molecule has 1 saturated carbocycles. The van der Waals surface area contributed by atoms with Crippen LogP contribution in [-0.4, -0.2) is 18.2 Å². The van der Waals surface area contributed by atoms with E-state index in [4.69, 9.17) is 22.2 Å². The number of hydrogen-bond donors (Lipinski definition) is 2. The molecular formula is C16H24ClFN2O. The molecule has 5 heteroatoms. The summed E-state index contributed by atoms with van der Waals surface area (Å²) in [5.74, 6) is 5.48. The van der Waals surface area contributed by atoms with E-state index in [-0.39, 0.29) is 17.5 Å². The van der Waals surface area contributed by atoms with Gasteiger partial charge in [0, 0.05) is 11.6 Å². The molecule has 21 heavy (non-hydrogen) atoms. The first-order valence-electron chi connectivity index (χ1n) is 7.65. The number of rotatable bonds is 6. The summed E-state index contributed by atoms with van der Waals surface area (Å²) < 4.78 is 20.1. The SMILES string of the molecule is CCOC1(C(Cc2ccc(Cl)cc2F)NN)CCCCC1. The lowest BCUT2D eigenvalue weighted by Crippen LogP contribution is -2.57. The van der Waals surface area contributed by atoms with Crippen LogP contribution in [0.5, 0.6) is 0 Å². The van der Waals surface area contributed by atoms with Gasteiger partial charge in [0.15, 0.2) is 0 Å². The van der Waals surface area contributed by atoms with Gasteiger partial charge in [-0.1, -0.05) is 36.9 Å². The molecule has 1 aliphatic rings. The summed E-state index contributed by atoms with van der Waals surface area (Å²) in [5.41, 5.74) is 3.18. The van der Waals surface area contributed by atoms with Crippen LogP contribution >= 0.6 is 11.6 Å². The normalized spacial score (nSPS) is 19.4. The zero-order chi connectivity index (χ0) is 15.3. The highest BCUT2D eigenvalue weighted by molar-refractivity contribution is 6.30. The van der Waals surface area contributed by atoms with E-state index >= 15 is 0 Å². The Morgan fingerprint density at radius 3 is 2.67 bits per heavy atom.